The number of nitrogens with zero attached hydrogens (tertiary/aromatic N) is 1. The summed E-state index contributed by atoms with van der Waals surface area (Å²) in [5, 5.41) is 3.56. The maximum Gasteiger partial charge on any atom is 0.00508 e. The molecule has 1 atom stereocenters. The summed E-state index contributed by atoms with van der Waals surface area (Å²) in [5.41, 5.74) is 0. The molecule has 0 fully saturated rings. The molecule has 98 valence electrons. The van der Waals surface area contributed by atoms with Gasteiger partial charge in [-0.2, -0.15) is 0 Å². The van der Waals surface area contributed by atoms with Gasteiger partial charge in [-0.1, -0.05) is 27.2 Å². The largest absolute Gasteiger partial charge is 0.314 e. The minimum Gasteiger partial charge on any atom is -0.314 e. The van der Waals surface area contributed by atoms with Gasteiger partial charge in [0.25, 0.3) is 0 Å². The molecule has 1 unspecified atom stereocenters. The normalized spacial score (nSPS) is 13.3. The molecule has 0 spiro atoms. The summed E-state index contributed by atoms with van der Waals surface area (Å²) in [5.74, 6) is 0. The Morgan fingerprint density at radius 2 is 1.69 bits per heavy atom. The van der Waals surface area contributed by atoms with E-state index in [0.29, 0.717) is 6.04 Å². The molecule has 0 aliphatic rings. The lowest BCUT2D eigenvalue weighted by atomic mass is 10.2. The van der Waals surface area contributed by atoms with E-state index in [0.717, 1.165) is 6.54 Å². The lowest BCUT2D eigenvalue weighted by molar-refractivity contribution is 0.255. The second-order valence-corrected chi connectivity index (χ2v) is 4.84. The minimum atomic E-state index is 0.668. The third-order valence-electron chi connectivity index (χ3n) is 2.99. The molecule has 0 heterocycles. The van der Waals surface area contributed by atoms with E-state index < -0.39 is 0 Å². The molecule has 0 bridgehead atoms. The van der Waals surface area contributed by atoms with Gasteiger partial charge in [0.15, 0.2) is 0 Å². The van der Waals surface area contributed by atoms with Crippen molar-refractivity contribution >= 4 is 0 Å². The summed E-state index contributed by atoms with van der Waals surface area (Å²) >= 11 is 0. The Hall–Kier alpha value is -0.0800. The highest BCUT2D eigenvalue weighted by Gasteiger charge is 2.06. The van der Waals surface area contributed by atoms with E-state index >= 15 is 0 Å². The van der Waals surface area contributed by atoms with E-state index in [1.165, 1.54) is 51.7 Å². The maximum absolute atomic E-state index is 3.56. The molecule has 16 heavy (non-hydrogen) atoms. The molecule has 0 amide bonds. The second-order valence-electron chi connectivity index (χ2n) is 4.84. The van der Waals surface area contributed by atoms with Crippen LogP contribution in [0.4, 0.5) is 0 Å². The van der Waals surface area contributed by atoms with Crippen molar-refractivity contribution in [2.24, 2.45) is 0 Å². The van der Waals surface area contributed by atoms with Crippen molar-refractivity contribution in [3.8, 4) is 0 Å². The number of hydrogen-bond donors (Lipinski definition) is 1. The van der Waals surface area contributed by atoms with E-state index in [2.05, 4.69) is 37.9 Å². The first-order valence-electron chi connectivity index (χ1n) is 7.20. The van der Waals surface area contributed by atoms with Gasteiger partial charge in [0, 0.05) is 6.04 Å². The van der Waals surface area contributed by atoms with E-state index in [1.807, 2.05) is 0 Å². The molecule has 2 nitrogen and oxygen atoms in total. The molecule has 0 saturated carbocycles. The highest BCUT2D eigenvalue weighted by atomic mass is 15.1. The van der Waals surface area contributed by atoms with E-state index in [1.54, 1.807) is 0 Å². The van der Waals surface area contributed by atoms with Crippen LogP contribution in [0, 0.1) is 0 Å². The van der Waals surface area contributed by atoms with Crippen LogP contribution in [0.5, 0.6) is 0 Å². The first kappa shape index (κ1) is 15.9. The zero-order valence-electron chi connectivity index (χ0n) is 11.9. The Bertz CT molecular complexity index is 137. The molecule has 0 aromatic carbocycles. The molecule has 2 heteroatoms. The van der Waals surface area contributed by atoms with Gasteiger partial charge in [-0.15, -0.1) is 0 Å². The van der Waals surface area contributed by atoms with Gasteiger partial charge < -0.3 is 10.2 Å². The lowest BCUT2D eigenvalue weighted by Crippen LogP contribution is -2.33. The smallest absolute Gasteiger partial charge is 0.00508 e. The molecular formula is C14H32N2. The van der Waals surface area contributed by atoms with Crippen molar-refractivity contribution in [2.75, 3.05) is 26.2 Å². The van der Waals surface area contributed by atoms with Gasteiger partial charge in [0.1, 0.15) is 0 Å². The zero-order chi connectivity index (χ0) is 12.2. The predicted octanol–water partition coefficient (Wildman–Crippen LogP) is 3.28. The average Bonchev–Trinajstić information content (AvgIpc) is 2.30. The minimum absolute atomic E-state index is 0.668. The second kappa shape index (κ2) is 11.4. The first-order valence-corrected chi connectivity index (χ1v) is 7.20. The predicted molar refractivity (Wildman–Crippen MR) is 74.0 cm³/mol. The van der Waals surface area contributed by atoms with Gasteiger partial charge >= 0.3 is 0 Å². The molecular weight excluding hydrogens is 196 g/mol. The van der Waals surface area contributed by atoms with Crippen LogP contribution in [-0.2, 0) is 0 Å². The quantitative estimate of drug-likeness (QED) is 0.584. The van der Waals surface area contributed by atoms with Gasteiger partial charge in [0.2, 0.25) is 0 Å². The summed E-state index contributed by atoms with van der Waals surface area (Å²) < 4.78 is 0. The fourth-order valence-electron chi connectivity index (χ4n) is 1.90. The Morgan fingerprint density at radius 1 is 0.938 bits per heavy atom. The summed E-state index contributed by atoms with van der Waals surface area (Å²) in [7, 11) is 0. The van der Waals surface area contributed by atoms with Crippen LogP contribution in [0.3, 0.4) is 0 Å². The maximum atomic E-state index is 3.56. The van der Waals surface area contributed by atoms with E-state index in [-0.39, 0.29) is 0 Å². The number of hydrogen-bond acceptors (Lipinski definition) is 2. The molecule has 0 aliphatic carbocycles. The van der Waals surface area contributed by atoms with Crippen molar-refractivity contribution in [3.05, 3.63) is 0 Å². The molecule has 0 aliphatic heterocycles. The number of rotatable bonds is 11. The SMILES string of the molecule is CCCCN(CCC)CCC(C)NCCC. The van der Waals surface area contributed by atoms with Gasteiger partial charge in [0.05, 0.1) is 0 Å². The van der Waals surface area contributed by atoms with Crippen LogP contribution in [-0.4, -0.2) is 37.1 Å². The fourth-order valence-corrected chi connectivity index (χ4v) is 1.90. The van der Waals surface area contributed by atoms with Gasteiger partial charge in [-0.25, -0.2) is 0 Å². The fraction of sp³-hybridized carbons (Fsp3) is 1.00. The lowest BCUT2D eigenvalue weighted by Gasteiger charge is -2.23. The Labute approximate surface area is 103 Å². The van der Waals surface area contributed by atoms with E-state index in [9.17, 15) is 0 Å². The van der Waals surface area contributed by atoms with Crippen molar-refractivity contribution in [1.82, 2.24) is 10.2 Å². The van der Waals surface area contributed by atoms with Crippen LogP contribution in [0.1, 0.15) is 59.8 Å². The average molecular weight is 228 g/mol. The molecule has 0 aromatic heterocycles. The summed E-state index contributed by atoms with van der Waals surface area (Å²) in [6, 6.07) is 0.668. The van der Waals surface area contributed by atoms with Crippen molar-refractivity contribution in [2.45, 2.75) is 65.8 Å². The van der Waals surface area contributed by atoms with Crippen LogP contribution in [0.15, 0.2) is 0 Å². The molecule has 0 rings (SSSR count). The summed E-state index contributed by atoms with van der Waals surface area (Å²) in [4.78, 5) is 2.62. The summed E-state index contributed by atoms with van der Waals surface area (Å²) in [6.07, 6.45) is 6.45. The summed E-state index contributed by atoms with van der Waals surface area (Å²) in [6.45, 7) is 14.0. The Kier molecular flexibility index (Phi) is 11.3. The van der Waals surface area contributed by atoms with E-state index in [4.69, 9.17) is 0 Å². The van der Waals surface area contributed by atoms with Gasteiger partial charge in [-0.3, -0.25) is 0 Å². The molecule has 0 saturated heterocycles. The van der Waals surface area contributed by atoms with Crippen molar-refractivity contribution in [1.29, 1.82) is 0 Å². The van der Waals surface area contributed by atoms with Crippen LogP contribution in [0.2, 0.25) is 0 Å². The van der Waals surface area contributed by atoms with Crippen LogP contribution >= 0.6 is 0 Å². The highest BCUT2D eigenvalue weighted by molar-refractivity contribution is 4.65. The molecule has 0 radical (unpaired) electrons. The Balaban J connectivity index is 3.63. The van der Waals surface area contributed by atoms with Crippen LogP contribution in [0.25, 0.3) is 0 Å². The zero-order valence-corrected chi connectivity index (χ0v) is 11.9. The first-order chi connectivity index (χ1) is 7.74. The van der Waals surface area contributed by atoms with Crippen molar-refractivity contribution in [3.63, 3.8) is 0 Å². The number of nitrogens with one attached hydrogen (secondary N) is 1. The third kappa shape index (κ3) is 9.17. The Morgan fingerprint density at radius 3 is 2.25 bits per heavy atom. The number of unbranched alkanes of at least 4 members (excludes halogenated alkanes) is 1. The molecule has 1 N–H and O–H groups in total. The third-order valence-corrected chi connectivity index (χ3v) is 2.99. The van der Waals surface area contributed by atoms with Crippen molar-refractivity contribution < 1.29 is 0 Å². The van der Waals surface area contributed by atoms with Crippen LogP contribution < -0.4 is 5.32 Å². The standard InChI is InChI=1S/C14H32N2/c1-5-8-12-16(11-7-3)13-9-14(4)15-10-6-2/h14-15H,5-13H2,1-4H3. The van der Waals surface area contributed by atoms with Gasteiger partial charge in [-0.05, 0) is 58.8 Å². The molecule has 0 aromatic rings. The monoisotopic (exact) mass is 228 g/mol. The topological polar surface area (TPSA) is 15.3 Å². The highest BCUT2D eigenvalue weighted by Crippen LogP contribution is 2.01.